The van der Waals surface area contributed by atoms with E-state index in [2.05, 4.69) is 0 Å². The highest BCUT2D eigenvalue weighted by molar-refractivity contribution is 7.92. The fourth-order valence-electron chi connectivity index (χ4n) is 3.54. The van der Waals surface area contributed by atoms with Crippen molar-refractivity contribution in [1.82, 2.24) is 0 Å². The molecule has 2 aromatic rings. The van der Waals surface area contributed by atoms with Crippen molar-refractivity contribution >= 4 is 38.6 Å². The molecule has 1 aliphatic rings. The lowest BCUT2D eigenvalue weighted by Crippen LogP contribution is -2.33. The first-order valence-electron chi connectivity index (χ1n) is 7.69. The number of rotatable bonds is 6. The van der Waals surface area contributed by atoms with Gasteiger partial charge in [-0.25, -0.2) is 8.42 Å². The van der Waals surface area contributed by atoms with Gasteiger partial charge in [0.1, 0.15) is 0 Å². The lowest BCUT2D eigenvalue weighted by molar-refractivity contribution is 0.166. The molecule has 0 unspecified atom stereocenters. The van der Waals surface area contributed by atoms with Gasteiger partial charge in [-0.2, -0.15) is 0 Å². The number of hydrogen-bond donors (Lipinski definition) is 1. The van der Waals surface area contributed by atoms with Crippen molar-refractivity contribution in [2.24, 2.45) is 11.1 Å². The molecule has 2 aromatic carbocycles. The number of benzene rings is 2. The maximum Gasteiger partial charge on any atom is 0.182 e. The first-order chi connectivity index (χ1) is 11.9. The second kappa shape index (κ2) is 6.68. The Hall–Kier alpha value is -1.47. The van der Waals surface area contributed by atoms with Crippen LogP contribution in [0.3, 0.4) is 0 Å². The topological polar surface area (TPSA) is 69.4 Å². The molecule has 3 atom stereocenters. The van der Waals surface area contributed by atoms with E-state index in [9.17, 15) is 8.42 Å². The minimum atomic E-state index is -3.63. The van der Waals surface area contributed by atoms with Crippen LogP contribution in [0.4, 0.5) is 0 Å². The van der Waals surface area contributed by atoms with Gasteiger partial charge < -0.3 is 10.5 Å². The first-order valence-corrected chi connectivity index (χ1v) is 10.0. The molecule has 25 heavy (non-hydrogen) atoms. The summed E-state index contributed by atoms with van der Waals surface area (Å²) in [6.45, 7) is 0.145. The monoisotopic (exact) mass is 395 g/mol. The van der Waals surface area contributed by atoms with Crippen molar-refractivity contribution in [2.45, 2.75) is 16.1 Å². The Balaban J connectivity index is 2.12. The van der Waals surface area contributed by atoms with Gasteiger partial charge in [0.2, 0.25) is 0 Å². The van der Waals surface area contributed by atoms with Crippen LogP contribution < -0.4 is 5.73 Å². The Bertz CT molecular complexity index is 884. The largest absolute Gasteiger partial charge is 0.393 e. The molecule has 7 heteroatoms. The van der Waals surface area contributed by atoms with E-state index in [1.54, 1.807) is 42.5 Å². The summed E-state index contributed by atoms with van der Waals surface area (Å²) in [5.41, 5.74) is 5.91. The van der Waals surface area contributed by atoms with Crippen LogP contribution in [0.2, 0.25) is 5.02 Å². The Kier molecular flexibility index (Phi) is 4.90. The second-order valence-corrected chi connectivity index (χ2v) is 9.09. The van der Waals surface area contributed by atoms with Gasteiger partial charge in [0.05, 0.1) is 27.2 Å². The smallest absolute Gasteiger partial charge is 0.182 e. The van der Waals surface area contributed by atoms with E-state index in [0.29, 0.717) is 5.02 Å². The molecule has 0 aromatic heterocycles. The van der Waals surface area contributed by atoms with Crippen molar-refractivity contribution in [3.05, 3.63) is 65.2 Å². The fourth-order valence-corrected chi connectivity index (χ4v) is 6.45. The van der Waals surface area contributed by atoms with E-state index in [-0.39, 0.29) is 22.4 Å². The molecule has 0 radical (unpaired) electrons. The summed E-state index contributed by atoms with van der Waals surface area (Å²) in [7, 11) is -2.11. The Labute approximate surface area is 157 Å². The highest BCUT2D eigenvalue weighted by atomic mass is 35.5. The quantitative estimate of drug-likeness (QED) is 0.760. The van der Waals surface area contributed by atoms with E-state index >= 15 is 0 Å². The zero-order valence-corrected chi connectivity index (χ0v) is 15.9. The van der Waals surface area contributed by atoms with Crippen molar-refractivity contribution in [3.63, 3.8) is 0 Å². The molecule has 1 fully saturated rings. The van der Waals surface area contributed by atoms with Crippen molar-refractivity contribution in [3.8, 4) is 0 Å². The van der Waals surface area contributed by atoms with Gasteiger partial charge in [0.25, 0.3) is 0 Å². The molecule has 132 valence electrons. The second-order valence-electron chi connectivity index (χ2n) is 6.15. The third-order valence-corrected chi connectivity index (χ3v) is 7.66. The predicted molar refractivity (Wildman–Crippen MR) is 103 cm³/mol. The van der Waals surface area contributed by atoms with Crippen molar-refractivity contribution in [2.75, 3.05) is 13.7 Å². The summed E-state index contributed by atoms with van der Waals surface area (Å²) < 4.78 is 31.8. The van der Waals surface area contributed by atoms with Crippen molar-refractivity contribution in [1.29, 1.82) is 0 Å². The number of methoxy groups -OCH3 is 1. The van der Waals surface area contributed by atoms with Gasteiger partial charge in [0.15, 0.2) is 9.84 Å². The molecule has 0 amide bonds. The average molecular weight is 396 g/mol. The molecule has 4 nitrogen and oxygen atoms in total. The lowest BCUT2D eigenvalue weighted by atomic mass is 10.00. The van der Waals surface area contributed by atoms with Crippen LogP contribution in [0.1, 0.15) is 11.5 Å². The van der Waals surface area contributed by atoms with Crippen LogP contribution in [-0.2, 0) is 14.6 Å². The van der Waals surface area contributed by atoms with Crippen LogP contribution in [-0.4, -0.2) is 32.4 Å². The van der Waals surface area contributed by atoms with Crippen LogP contribution in [0.25, 0.3) is 0 Å². The highest BCUT2D eigenvalue weighted by Gasteiger charge is 2.73. The van der Waals surface area contributed by atoms with Gasteiger partial charge >= 0.3 is 0 Å². The average Bonchev–Trinajstić information content (AvgIpc) is 3.28. The van der Waals surface area contributed by atoms with Gasteiger partial charge in [0, 0.05) is 18.1 Å². The van der Waals surface area contributed by atoms with Crippen LogP contribution in [0, 0.1) is 5.41 Å². The zero-order chi connectivity index (χ0) is 18.2. The standard InChI is InChI=1S/C18H18ClNO3S2/c1-23-11-18(17(20)24)15(12-7-9-13(19)10-8-12)16(18)25(21,22)14-5-3-2-4-6-14/h2-10,15-16H,11H2,1H3,(H2,20,24)/t15-,16+,18-/m0/s1. The van der Waals surface area contributed by atoms with Crippen molar-refractivity contribution < 1.29 is 13.2 Å². The van der Waals surface area contributed by atoms with Gasteiger partial charge in [-0.3, -0.25) is 0 Å². The van der Waals surface area contributed by atoms with E-state index in [1.165, 1.54) is 7.11 Å². The van der Waals surface area contributed by atoms with Crippen LogP contribution in [0.15, 0.2) is 59.5 Å². The normalized spacial score (nSPS) is 25.5. The van der Waals surface area contributed by atoms with Crippen LogP contribution >= 0.6 is 23.8 Å². The molecule has 3 rings (SSSR count). The predicted octanol–water partition coefficient (Wildman–Crippen LogP) is 3.20. The van der Waals surface area contributed by atoms with Gasteiger partial charge in [-0.05, 0) is 29.8 Å². The lowest BCUT2D eigenvalue weighted by Gasteiger charge is -2.16. The number of sulfone groups is 1. The molecule has 1 saturated carbocycles. The van der Waals surface area contributed by atoms with Gasteiger partial charge in [-0.1, -0.05) is 54.2 Å². The van der Waals surface area contributed by atoms with E-state index < -0.39 is 20.5 Å². The summed E-state index contributed by atoms with van der Waals surface area (Å²) in [6.07, 6.45) is 0. The Morgan fingerprint density at radius 3 is 2.32 bits per heavy atom. The molecular weight excluding hydrogens is 378 g/mol. The maximum atomic E-state index is 13.2. The summed E-state index contributed by atoms with van der Waals surface area (Å²) >= 11 is 11.2. The third-order valence-electron chi connectivity index (χ3n) is 4.73. The third kappa shape index (κ3) is 2.97. The van der Waals surface area contributed by atoms with E-state index in [1.807, 2.05) is 12.1 Å². The number of ether oxygens (including phenoxy) is 1. The number of halogens is 1. The van der Waals surface area contributed by atoms with Gasteiger partial charge in [-0.15, -0.1) is 0 Å². The summed E-state index contributed by atoms with van der Waals surface area (Å²) in [4.78, 5) is 0.409. The van der Waals surface area contributed by atoms with Crippen LogP contribution in [0.5, 0.6) is 0 Å². The molecule has 0 heterocycles. The number of hydrogen-bond acceptors (Lipinski definition) is 4. The molecule has 1 aliphatic carbocycles. The summed E-state index contributed by atoms with van der Waals surface area (Å²) in [6, 6.07) is 15.5. The molecule has 0 spiro atoms. The summed E-state index contributed by atoms with van der Waals surface area (Å²) in [5.74, 6) is -0.368. The molecule has 0 saturated heterocycles. The number of nitrogens with two attached hydrogens (primary N) is 1. The molecular formula is C18H18ClNO3S2. The van der Waals surface area contributed by atoms with E-state index in [0.717, 1.165) is 5.56 Å². The zero-order valence-electron chi connectivity index (χ0n) is 13.6. The number of thiocarbonyl (C=S) groups is 1. The molecule has 2 N–H and O–H groups in total. The minimum absolute atomic E-state index is 0.145. The van der Waals surface area contributed by atoms with E-state index in [4.69, 9.17) is 34.3 Å². The minimum Gasteiger partial charge on any atom is -0.393 e. The SMILES string of the molecule is COC[C@@]1(C(N)=S)[C@H](S(=O)(=O)c2ccccc2)[C@@H]1c1ccc(Cl)cc1. The first kappa shape index (κ1) is 18.3. The Morgan fingerprint density at radius 2 is 1.80 bits per heavy atom. The molecule has 0 bridgehead atoms. The molecule has 0 aliphatic heterocycles. The maximum absolute atomic E-state index is 13.2. The Morgan fingerprint density at radius 1 is 1.20 bits per heavy atom. The highest BCUT2D eigenvalue weighted by Crippen LogP contribution is 2.64. The fraction of sp³-hybridized carbons (Fsp3) is 0.278. The summed E-state index contributed by atoms with van der Waals surface area (Å²) in [5, 5.41) is -0.180.